The number of anilines is 1. The SMILES string of the molecule is CC(C)CN1CCn2nc(CNc3ncccc3C(N)=O)cc2C1. The Morgan fingerprint density at radius 3 is 3.00 bits per heavy atom. The fourth-order valence-corrected chi connectivity index (χ4v) is 3.06. The van der Waals surface area contributed by atoms with Crippen LogP contribution in [0.2, 0.25) is 0 Å². The maximum atomic E-state index is 11.4. The first kappa shape index (κ1) is 16.4. The smallest absolute Gasteiger partial charge is 0.252 e. The van der Waals surface area contributed by atoms with E-state index in [4.69, 9.17) is 5.73 Å². The lowest BCUT2D eigenvalue weighted by Crippen LogP contribution is -2.36. The van der Waals surface area contributed by atoms with Crippen molar-refractivity contribution in [3.63, 3.8) is 0 Å². The summed E-state index contributed by atoms with van der Waals surface area (Å²) in [5.74, 6) is 0.674. The number of carbonyl (C=O) groups excluding carboxylic acids is 1. The van der Waals surface area contributed by atoms with Crippen LogP contribution in [-0.4, -0.2) is 38.7 Å². The molecule has 3 N–H and O–H groups in total. The van der Waals surface area contributed by atoms with E-state index in [1.165, 1.54) is 5.69 Å². The Morgan fingerprint density at radius 1 is 1.42 bits per heavy atom. The van der Waals surface area contributed by atoms with Crippen LogP contribution in [0.1, 0.15) is 35.6 Å². The average Bonchev–Trinajstić information content (AvgIpc) is 2.94. The van der Waals surface area contributed by atoms with Crippen LogP contribution in [0.5, 0.6) is 0 Å². The second-order valence-corrected chi connectivity index (χ2v) is 6.60. The van der Waals surface area contributed by atoms with Gasteiger partial charge in [-0.2, -0.15) is 5.10 Å². The first-order valence-corrected chi connectivity index (χ1v) is 8.29. The van der Waals surface area contributed by atoms with Gasteiger partial charge in [0.2, 0.25) is 0 Å². The van der Waals surface area contributed by atoms with Gasteiger partial charge in [-0.05, 0) is 24.1 Å². The molecule has 0 unspecified atom stereocenters. The number of nitrogens with zero attached hydrogens (tertiary/aromatic N) is 4. The number of hydrogen-bond acceptors (Lipinski definition) is 5. The predicted octanol–water partition coefficient (Wildman–Crippen LogP) is 1.46. The lowest BCUT2D eigenvalue weighted by Gasteiger charge is -2.28. The Balaban J connectivity index is 1.66. The summed E-state index contributed by atoms with van der Waals surface area (Å²) in [7, 11) is 0. The van der Waals surface area contributed by atoms with Gasteiger partial charge in [0.05, 0.1) is 30.0 Å². The molecule has 0 bridgehead atoms. The van der Waals surface area contributed by atoms with E-state index in [9.17, 15) is 4.79 Å². The number of nitrogens with one attached hydrogen (secondary N) is 1. The van der Waals surface area contributed by atoms with Crippen LogP contribution in [0, 0.1) is 5.92 Å². The van der Waals surface area contributed by atoms with Crippen LogP contribution in [0.4, 0.5) is 5.82 Å². The number of nitrogens with two attached hydrogens (primary N) is 1. The van der Waals surface area contributed by atoms with E-state index in [0.717, 1.165) is 31.9 Å². The lowest BCUT2D eigenvalue weighted by atomic mass is 10.2. The van der Waals surface area contributed by atoms with Gasteiger partial charge in [0.15, 0.2) is 0 Å². The Labute approximate surface area is 141 Å². The molecule has 2 aromatic heterocycles. The highest BCUT2D eigenvalue weighted by Gasteiger charge is 2.19. The van der Waals surface area contributed by atoms with Gasteiger partial charge >= 0.3 is 0 Å². The topological polar surface area (TPSA) is 89.1 Å². The standard InChI is InChI=1S/C17H24N6O/c1-12(2)10-22-6-7-23-14(11-22)8-13(21-23)9-20-17-15(16(18)24)4-3-5-19-17/h3-5,8,12H,6-7,9-11H2,1-2H3,(H2,18,24)(H,19,20). The van der Waals surface area contributed by atoms with Gasteiger partial charge in [0.25, 0.3) is 5.91 Å². The van der Waals surface area contributed by atoms with E-state index < -0.39 is 5.91 Å². The van der Waals surface area contributed by atoms with Crippen molar-refractivity contribution in [3.8, 4) is 0 Å². The van der Waals surface area contributed by atoms with E-state index in [1.54, 1.807) is 18.3 Å². The molecule has 0 radical (unpaired) electrons. The molecule has 0 aromatic carbocycles. The molecule has 0 aliphatic carbocycles. The zero-order valence-corrected chi connectivity index (χ0v) is 14.2. The van der Waals surface area contributed by atoms with Crippen molar-refractivity contribution in [2.45, 2.75) is 33.5 Å². The number of pyridine rings is 1. The maximum Gasteiger partial charge on any atom is 0.252 e. The highest BCUT2D eigenvalue weighted by atomic mass is 16.1. The van der Waals surface area contributed by atoms with Crippen molar-refractivity contribution < 1.29 is 4.79 Å². The van der Waals surface area contributed by atoms with Gasteiger partial charge in [-0.3, -0.25) is 14.4 Å². The fourth-order valence-electron chi connectivity index (χ4n) is 3.06. The molecule has 0 saturated heterocycles. The molecule has 0 fully saturated rings. The third kappa shape index (κ3) is 3.73. The molecule has 7 nitrogen and oxygen atoms in total. The summed E-state index contributed by atoms with van der Waals surface area (Å²) in [6, 6.07) is 5.48. The van der Waals surface area contributed by atoms with Crippen LogP contribution in [0.3, 0.4) is 0 Å². The van der Waals surface area contributed by atoms with E-state index in [2.05, 4.69) is 44.9 Å². The molecular weight excluding hydrogens is 304 g/mol. The fraction of sp³-hybridized carbons (Fsp3) is 0.471. The number of hydrogen-bond donors (Lipinski definition) is 2. The van der Waals surface area contributed by atoms with Gasteiger partial charge in [-0.1, -0.05) is 13.8 Å². The summed E-state index contributed by atoms with van der Waals surface area (Å²) >= 11 is 0. The molecule has 128 valence electrons. The molecule has 3 heterocycles. The molecule has 1 amide bonds. The zero-order chi connectivity index (χ0) is 17.1. The van der Waals surface area contributed by atoms with Crippen LogP contribution >= 0.6 is 0 Å². The highest BCUT2D eigenvalue weighted by Crippen LogP contribution is 2.17. The summed E-state index contributed by atoms with van der Waals surface area (Å²) in [6.45, 7) is 8.98. The molecule has 7 heteroatoms. The van der Waals surface area contributed by atoms with Crippen molar-refractivity contribution in [3.05, 3.63) is 41.3 Å². The number of aromatic nitrogens is 3. The number of fused-ring (bicyclic) bond motifs is 1. The summed E-state index contributed by atoms with van der Waals surface area (Å²) in [5, 5.41) is 7.80. The Kier molecular flexibility index (Phi) is 4.80. The van der Waals surface area contributed by atoms with Crippen molar-refractivity contribution in [2.24, 2.45) is 11.7 Å². The molecule has 3 rings (SSSR count). The number of amides is 1. The molecule has 0 atom stereocenters. The summed E-state index contributed by atoms with van der Waals surface area (Å²) in [4.78, 5) is 18.1. The minimum atomic E-state index is -0.487. The Bertz CT molecular complexity index is 724. The maximum absolute atomic E-state index is 11.4. The van der Waals surface area contributed by atoms with Crippen molar-refractivity contribution in [2.75, 3.05) is 18.4 Å². The van der Waals surface area contributed by atoms with Gasteiger partial charge < -0.3 is 11.1 Å². The van der Waals surface area contributed by atoms with Crippen molar-refractivity contribution in [1.82, 2.24) is 19.7 Å². The molecule has 1 aliphatic rings. The van der Waals surface area contributed by atoms with Gasteiger partial charge in [-0.25, -0.2) is 4.98 Å². The molecule has 0 spiro atoms. The Hall–Kier alpha value is -2.41. The van der Waals surface area contributed by atoms with E-state index in [1.807, 2.05) is 0 Å². The summed E-state index contributed by atoms with van der Waals surface area (Å²) in [5.41, 5.74) is 7.94. The monoisotopic (exact) mass is 328 g/mol. The first-order valence-electron chi connectivity index (χ1n) is 8.29. The quantitative estimate of drug-likeness (QED) is 0.838. The minimum absolute atomic E-state index is 0.393. The van der Waals surface area contributed by atoms with Gasteiger partial charge in [0.1, 0.15) is 5.82 Å². The summed E-state index contributed by atoms with van der Waals surface area (Å²) in [6.07, 6.45) is 1.64. The molecule has 24 heavy (non-hydrogen) atoms. The average molecular weight is 328 g/mol. The second-order valence-electron chi connectivity index (χ2n) is 6.60. The van der Waals surface area contributed by atoms with Crippen molar-refractivity contribution >= 4 is 11.7 Å². The summed E-state index contributed by atoms with van der Waals surface area (Å²) < 4.78 is 2.07. The third-order valence-corrected chi connectivity index (χ3v) is 4.06. The van der Waals surface area contributed by atoms with Gasteiger partial charge in [0, 0.05) is 25.8 Å². The van der Waals surface area contributed by atoms with E-state index in [-0.39, 0.29) is 0 Å². The first-order chi connectivity index (χ1) is 11.5. The zero-order valence-electron chi connectivity index (χ0n) is 14.2. The van der Waals surface area contributed by atoms with Crippen LogP contribution in [-0.2, 0) is 19.6 Å². The predicted molar refractivity (Wildman–Crippen MR) is 92.4 cm³/mol. The third-order valence-electron chi connectivity index (χ3n) is 4.06. The minimum Gasteiger partial charge on any atom is -0.365 e. The van der Waals surface area contributed by atoms with Crippen molar-refractivity contribution in [1.29, 1.82) is 0 Å². The molecule has 2 aromatic rings. The number of carbonyl (C=O) groups is 1. The number of primary amides is 1. The normalized spacial score (nSPS) is 14.6. The van der Waals surface area contributed by atoms with Crippen LogP contribution < -0.4 is 11.1 Å². The second kappa shape index (κ2) is 7.00. The highest BCUT2D eigenvalue weighted by molar-refractivity contribution is 5.97. The number of rotatable bonds is 6. The van der Waals surface area contributed by atoms with Crippen LogP contribution in [0.15, 0.2) is 24.4 Å². The van der Waals surface area contributed by atoms with Gasteiger partial charge in [-0.15, -0.1) is 0 Å². The van der Waals surface area contributed by atoms with E-state index in [0.29, 0.717) is 23.8 Å². The lowest BCUT2D eigenvalue weighted by molar-refractivity contribution is 0.100. The molecule has 1 aliphatic heterocycles. The molecular formula is C17H24N6O. The largest absolute Gasteiger partial charge is 0.365 e. The van der Waals surface area contributed by atoms with Crippen LogP contribution in [0.25, 0.3) is 0 Å². The molecule has 0 saturated carbocycles. The van der Waals surface area contributed by atoms with E-state index >= 15 is 0 Å². The Morgan fingerprint density at radius 2 is 2.25 bits per heavy atom.